The average molecular weight is 160 g/mol. The van der Waals surface area contributed by atoms with Crippen LogP contribution in [0.5, 0.6) is 0 Å². The monoisotopic (exact) mass is 160 g/mol. The first-order chi connectivity index (χ1) is 4.72. The predicted molar refractivity (Wildman–Crippen MR) is 32.8 cm³/mol. The van der Waals surface area contributed by atoms with Crippen LogP contribution in [-0.4, -0.2) is 33.6 Å². The number of nitrogens with zero attached hydrogens (tertiary/aromatic N) is 4. The van der Waals surface area contributed by atoms with Crippen molar-refractivity contribution in [2.75, 3.05) is 0 Å². The lowest BCUT2D eigenvalue weighted by Crippen LogP contribution is -2.08. The molecule has 0 aliphatic carbocycles. The van der Waals surface area contributed by atoms with Crippen LogP contribution in [0.25, 0.3) is 0 Å². The molecule has 10 heavy (non-hydrogen) atoms. The first-order valence-electron chi connectivity index (χ1n) is 2.38. The van der Waals surface area contributed by atoms with E-state index in [0.29, 0.717) is 0 Å². The van der Waals surface area contributed by atoms with Crippen molar-refractivity contribution in [3.63, 3.8) is 0 Å². The summed E-state index contributed by atoms with van der Waals surface area (Å²) in [5.41, 5.74) is 0. The summed E-state index contributed by atoms with van der Waals surface area (Å²) >= 11 is 0. The van der Waals surface area contributed by atoms with Crippen molar-refractivity contribution in [1.82, 2.24) is 20.2 Å². The SMILES string of the molecule is CC(n1cnnn1)=S(=O)=O. The molecule has 1 rings (SSSR count). The first kappa shape index (κ1) is 6.87. The highest BCUT2D eigenvalue weighted by molar-refractivity contribution is 7.72. The van der Waals surface area contributed by atoms with Crippen LogP contribution in [0.2, 0.25) is 0 Å². The number of tetrazole rings is 1. The van der Waals surface area contributed by atoms with Crippen molar-refractivity contribution in [2.45, 2.75) is 6.92 Å². The Balaban J connectivity index is 3.24. The van der Waals surface area contributed by atoms with Crippen molar-refractivity contribution in [3.8, 4) is 0 Å². The highest BCUT2D eigenvalue weighted by Crippen LogP contribution is 1.75. The molecule has 0 unspecified atom stereocenters. The van der Waals surface area contributed by atoms with E-state index in [2.05, 4.69) is 15.5 Å². The minimum Gasteiger partial charge on any atom is -0.189 e. The van der Waals surface area contributed by atoms with Gasteiger partial charge in [-0.1, -0.05) is 0 Å². The molecule has 0 bridgehead atoms. The number of aromatic nitrogens is 4. The third kappa shape index (κ3) is 1.18. The lowest BCUT2D eigenvalue weighted by Gasteiger charge is -1.86. The quantitative estimate of drug-likeness (QED) is 0.434. The Kier molecular flexibility index (Phi) is 1.76. The van der Waals surface area contributed by atoms with Gasteiger partial charge in [-0.05, 0) is 17.4 Å². The molecule has 7 heteroatoms. The third-order valence-electron chi connectivity index (χ3n) is 0.913. The molecule has 0 aliphatic heterocycles. The maximum atomic E-state index is 10.2. The summed E-state index contributed by atoms with van der Waals surface area (Å²) in [7, 11) is -2.25. The summed E-state index contributed by atoms with van der Waals surface area (Å²) < 4.78 is 21.6. The molecule has 54 valence electrons. The molecule has 1 aromatic rings. The van der Waals surface area contributed by atoms with Gasteiger partial charge in [0.05, 0.1) is 0 Å². The molecule has 0 radical (unpaired) electrons. The second-order valence-electron chi connectivity index (χ2n) is 1.51. The van der Waals surface area contributed by atoms with E-state index < -0.39 is 10.3 Å². The zero-order valence-corrected chi connectivity index (χ0v) is 5.91. The van der Waals surface area contributed by atoms with Gasteiger partial charge in [-0.25, -0.2) is 0 Å². The topological polar surface area (TPSA) is 77.7 Å². The van der Waals surface area contributed by atoms with E-state index in [-0.39, 0.29) is 4.99 Å². The summed E-state index contributed by atoms with van der Waals surface area (Å²) in [6.45, 7) is 1.40. The van der Waals surface area contributed by atoms with E-state index in [0.717, 1.165) is 4.68 Å². The Labute approximate surface area is 58.0 Å². The first-order valence-corrected chi connectivity index (χ1v) is 3.45. The van der Waals surface area contributed by atoms with E-state index in [1.165, 1.54) is 13.3 Å². The summed E-state index contributed by atoms with van der Waals surface area (Å²) in [5.74, 6) is 0. The van der Waals surface area contributed by atoms with E-state index in [1.54, 1.807) is 0 Å². The largest absolute Gasteiger partial charge is 0.235 e. The van der Waals surface area contributed by atoms with Crippen molar-refractivity contribution >= 4 is 15.3 Å². The summed E-state index contributed by atoms with van der Waals surface area (Å²) in [6.07, 6.45) is 1.21. The Bertz CT molecular complexity index is 329. The molecule has 6 nitrogen and oxygen atoms in total. The van der Waals surface area contributed by atoms with Gasteiger partial charge < -0.3 is 0 Å². The molecular formula is C3H4N4O2S. The van der Waals surface area contributed by atoms with E-state index in [9.17, 15) is 8.42 Å². The van der Waals surface area contributed by atoms with Gasteiger partial charge in [0.1, 0.15) is 6.33 Å². The maximum absolute atomic E-state index is 10.2. The van der Waals surface area contributed by atoms with Crippen LogP contribution >= 0.6 is 0 Å². The second kappa shape index (κ2) is 2.56. The normalized spacial score (nSPS) is 9.30. The maximum Gasteiger partial charge on any atom is 0.235 e. The van der Waals surface area contributed by atoms with Gasteiger partial charge in [-0.15, -0.1) is 5.10 Å². The molecule has 0 fully saturated rings. The summed E-state index contributed by atoms with van der Waals surface area (Å²) in [4.78, 5) is 0.0741. The molecule has 0 aliphatic rings. The average Bonchev–Trinajstić information content (AvgIpc) is 2.36. The minimum atomic E-state index is -2.25. The third-order valence-corrected chi connectivity index (χ3v) is 1.58. The van der Waals surface area contributed by atoms with Crippen LogP contribution in [0.4, 0.5) is 0 Å². The molecule has 0 N–H and O–H groups in total. The van der Waals surface area contributed by atoms with Crippen molar-refractivity contribution in [3.05, 3.63) is 6.33 Å². The Morgan fingerprint density at radius 3 is 2.70 bits per heavy atom. The number of hydrogen-bond acceptors (Lipinski definition) is 5. The molecule has 0 saturated carbocycles. The lowest BCUT2D eigenvalue weighted by atomic mass is 10.8. The zero-order valence-electron chi connectivity index (χ0n) is 5.09. The van der Waals surface area contributed by atoms with Gasteiger partial charge in [0.25, 0.3) is 0 Å². The van der Waals surface area contributed by atoms with Crippen LogP contribution in [0.3, 0.4) is 0 Å². The molecular weight excluding hydrogens is 156 g/mol. The fraction of sp³-hybridized carbons (Fsp3) is 0.333. The molecule has 0 amide bonds. The van der Waals surface area contributed by atoms with E-state index in [1.807, 2.05) is 0 Å². The fourth-order valence-electron chi connectivity index (χ4n) is 0.382. The predicted octanol–water partition coefficient (Wildman–Crippen LogP) is -1.45. The van der Waals surface area contributed by atoms with Crippen LogP contribution in [0.15, 0.2) is 6.33 Å². The number of hydrogen-bond donors (Lipinski definition) is 0. The fourth-order valence-corrected chi connectivity index (χ4v) is 0.618. The molecule has 0 spiro atoms. The highest BCUT2D eigenvalue weighted by atomic mass is 32.2. The van der Waals surface area contributed by atoms with Crippen molar-refractivity contribution < 1.29 is 8.42 Å². The van der Waals surface area contributed by atoms with E-state index >= 15 is 0 Å². The minimum absolute atomic E-state index is 0.0741. The Morgan fingerprint density at radius 1 is 1.60 bits per heavy atom. The smallest absolute Gasteiger partial charge is 0.189 e. The molecule has 0 saturated heterocycles. The van der Waals surface area contributed by atoms with E-state index in [4.69, 9.17) is 0 Å². The Hall–Kier alpha value is -1.24. The van der Waals surface area contributed by atoms with Crippen LogP contribution < -0.4 is 0 Å². The molecule has 1 heterocycles. The molecule has 1 aromatic heterocycles. The zero-order chi connectivity index (χ0) is 7.56. The van der Waals surface area contributed by atoms with Crippen molar-refractivity contribution in [2.24, 2.45) is 0 Å². The summed E-state index contributed by atoms with van der Waals surface area (Å²) in [5, 5.41) is 9.89. The van der Waals surface area contributed by atoms with Gasteiger partial charge in [0.2, 0.25) is 10.3 Å². The van der Waals surface area contributed by atoms with Gasteiger partial charge in [-0.2, -0.15) is 13.1 Å². The molecule has 0 aromatic carbocycles. The number of rotatable bonds is 0. The standard InChI is InChI=1S/C3H4N4O2S/c1-3(10(8)9)7-2-4-5-6-7/h2H,1H3. The summed E-state index contributed by atoms with van der Waals surface area (Å²) in [6, 6.07) is 0. The van der Waals surface area contributed by atoms with Gasteiger partial charge in [0, 0.05) is 0 Å². The van der Waals surface area contributed by atoms with Crippen LogP contribution in [0.1, 0.15) is 6.92 Å². The van der Waals surface area contributed by atoms with Gasteiger partial charge >= 0.3 is 0 Å². The Morgan fingerprint density at radius 2 is 2.30 bits per heavy atom. The van der Waals surface area contributed by atoms with Crippen molar-refractivity contribution in [1.29, 1.82) is 0 Å². The highest BCUT2D eigenvalue weighted by Gasteiger charge is 1.95. The molecule has 0 atom stereocenters. The van der Waals surface area contributed by atoms with Gasteiger partial charge in [-0.3, -0.25) is 0 Å². The van der Waals surface area contributed by atoms with Gasteiger partial charge in [0.15, 0.2) is 4.99 Å². The second-order valence-corrected chi connectivity index (χ2v) is 2.57. The van der Waals surface area contributed by atoms with Crippen LogP contribution in [0, 0.1) is 0 Å². The lowest BCUT2D eigenvalue weighted by molar-refractivity contribution is 0.626. The van der Waals surface area contributed by atoms with Crippen LogP contribution in [-0.2, 0) is 10.3 Å².